The van der Waals surface area contributed by atoms with E-state index in [1.165, 1.54) is 0 Å². The first-order valence-corrected chi connectivity index (χ1v) is 7.76. The fourth-order valence-electron chi connectivity index (χ4n) is 2.35. The molecule has 4 rings (SSSR count). The van der Waals surface area contributed by atoms with Crippen molar-refractivity contribution in [2.75, 3.05) is 0 Å². The number of hydrogen-bond donors (Lipinski definition) is 0. The van der Waals surface area contributed by atoms with Crippen molar-refractivity contribution in [3.05, 3.63) is 81.5 Å². The molecule has 0 unspecified atom stereocenters. The fraction of sp³-hybridized carbons (Fsp3) is 0. The number of rotatable bonds is 2. The van der Waals surface area contributed by atoms with Gasteiger partial charge in [0.05, 0.1) is 9.79 Å². The van der Waals surface area contributed by atoms with Crippen molar-refractivity contribution >= 4 is 33.7 Å². The number of fused-ring (bicyclic) bond motifs is 2. The second kappa shape index (κ2) is 5.44. The molecule has 0 aliphatic rings. The minimum atomic E-state index is -0.471. The number of para-hydroxylation sites is 2. The van der Waals surface area contributed by atoms with Gasteiger partial charge in [-0.15, -0.1) is 0 Å². The molecular formula is C18H10O4S. The SMILES string of the molecule is O=c1oc2ccccc2cc1Sc1cc2ccccc2oc1=O. The molecule has 112 valence electrons. The Morgan fingerprint density at radius 1 is 0.652 bits per heavy atom. The van der Waals surface area contributed by atoms with E-state index >= 15 is 0 Å². The minimum absolute atomic E-state index is 0.353. The Morgan fingerprint density at radius 2 is 1.09 bits per heavy atom. The van der Waals surface area contributed by atoms with Crippen LogP contribution in [0.5, 0.6) is 0 Å². The predicted molar refractivity (Wildman–Crippen MR) is 89.1 cm³/mol. The van der Waals surface area contributed by atoms with Crippen LogP contribution in [-0.4, -0.2) is 0 Å². The summed E-state index contributed by atoms with van der Waals surface area (Å²) < 4.78 is 10.6. The summed E-state index contributed by atoms with van der Waals surface area (Å²) in [4.78, 5) is 24.9. The van der Waals surface area contributed by atoms with E-state index < -0.39 is 11.3 Å². The van der Waals surface area contributed by atoms with E-state index in [9.17, 15) is 9.59 Å². The summed E-state index contributed by atoms with van der Waals surface area (Å²) in [5.74, 6) is 0. The van der Waals surface area contributed by atoms with E-state index in [4.69, 9.17) is 8.83 Å². The first kappa shape index (κ1) is 13.8. The van der Waals surface area contributed by atoms with Crippen LogP contribution in [0.3, 0.4) is 0 Å². The fourth-order valence-corrected chi connectivity index (χ4v) is 3.21. The van der Waals surface area contributed by atoms with Crippen molar-refractivity contribution in [3.63, 3.8) is 0 Å². The molecule has 2 heterocycles. The van der Waals surface area contributed by atoms with Gasteiger partial charge in [-0.1, -0.05) is 48.2 Å². The standard InChI is InChI=1S/C18H10O4S/c19-17-15(9-11-5-1-3-7-13(11)21-17)23-16-10-12-6-2-4-8-14(12)22-18(16)20/h1-10H. The molecule has 2 aromatic heterocycles. The zero-order chi connectivity index (χ0) is 15.8. The van der Waals surface area contributed by atoms with Gasteiger partial charge in [-0.25, -0.2) is 9.59 Å². The first-order chi connectivity index (χ1) is 11.2. The van der Waals surface area contributed by atoms with Crippen LogP contribution in [-0.2, 0) is 0 Å². The van der Waals surface area contributed by atoms with Gasteiger partial charge in [0.1, 0.15) is 11.2 Å². The molecule has 0 aliphatic heterocycles. The summed E-state index contributed by atoms with van der Waals surface area (Å²) in [6, 6.07) is 17.9. The Morgan fingerprint density at radius 3 is 1.57 bits per heavy atom. The molecule has 0 saturated carbocycles. The van der Waals surface area contributed by atoms with Gasteiger partial charge in [0.25, 0.3) is 0 Å². The Bertz CT molecular complexity index is 1050. The van der Waals surface area contributed by atoms with Gasteiger partial charge in [-0.2, -0.15) is 0 Å². The van der Waals surface area contributed by atoms with Gasteiger partial charge < -0.3 is 8.83 Å². The summed E-state index contributed by atoms with van der Waals surface area (Å²) in [7, 11) is 0. The highest BCUT2D eigenvalue weighted by molar-refractivity contribution is 7.99. The molecule has 4 aromatic rings. The quantitative estimate of drug-likeness (QED) is 0.521. The van der Waals surface area contributed by atoms with Crippen LogP contribution in [0.15, 0.2) is 88.9 Å². The topological polar surface area (TPSA) is 60.4 Å². The molecule has 5 heteroatoms. The molecule has 2 aromatic carbocycles. The van der Waals surface area contributed by atoms with Gasteiger partial charge in [0.2, 0.25) is 0 Å². The molecular weight excluding hydrogens is 312 g/mol. The van der Waals surface area contributed by atoms with E-state index in [2.05, 4.69) is 0 Å². The zero-order valence-corrected chi connectivity index (χ0v) is 12.6. The Hall–Kier alpha value is -2.79. The van der Waals surface area contributed by atoms with Crippen molar-refractivity contribution in [3.8, 4) is 0 Å². The summed E-state index contributed by atoms with van der Waals surface area (Å²) in [6.45, 7) is 0. The molecule has 0 bridgehead atoms. The summed E-state index contributed by atoms with van der Waals surface area (Å²) in [5.41, 5.74) is 0.0994. The zero-order valence-electron chi connectivity index (χ0n) is 11.8. The molecule has 0 atom stereocenters. The van der Waals surface area contributed by atoms with Crippen LogP contribution >= 0.6 is 11.8 Å². The molecule has 0 fully saturated rings. The van der Waals surface area contributed by atoms with E-state index in [-0.39, 0.29) is 0 Å². The largest absolute Gasteiger partial charge is 0.422 e. The van der Waals surface area contributed by atoms with Crippen molar-refractivity contribution in [1.82, 2.24) is 0 Å². The molecule has 0 radical (unpaired) electrons. The summed E-state index contributed by atoms with van der Waals surface area (Å²) >= 11 is 1.06. The lowest BCUT2D eigenvalue weighted by atomic mass is 10.2. The maximum absolute atomic E-state index is 12.1. The second-order valence-electron chi connectivity index (χ2n) is 4.97. The molecule has 0 aliphatic carbocycles. The van der Waals surface area contributed by atoms with Crippen LogP contribution in [0, 0.1) is 0 Å². The van der Waals surface area contributed by atoms with E-state index in [1.54, 1.807) is 36.4 Å². The van der Waals surface area contributed by atoms with Crippen LogP contribution in [0.1, 0.15) is 0 Å². The van der Waals surface area contributed by atoms with Crippen LogP contribution in [0.4, 0.5) is 0 Å². The molecule has 0 N–H and O–H groups in total. The van der Waals surface area contributed by atoms with Crippen molar-refractivity contribution < 1.29 is 8.83 Å². The minimum Gasteiger partial charge on any atom is -0.422 e. The van der Waals surface area contributed by atoms with Gasteiger partial charge in [-0.05, 0) is 24.3 Å². The average Bonchev–Trinajstić information content (AvgIpc) is 2.56. The lowest BCUT2D eigenvalue weighted by Crippen LogP contribution is -2.05. The number of hydrogen-bond acceptors (Lipinski definition) is 5. The third kappa shape index (κ3) is 2.55. The highest BCUT2D eigenvalue weighted by Crippen LogP contribution is 2.27. The summed E-state index contributed by atoms with van der Waals surface area (Å²) in [5, 5.41) is 1.61. The third-order valence-corrected chi connectivity index (χ3v) is 4.45. The molecule has 23 heavy (non-hydrogen) atoms. The smallest absolute Gasteiger partial charge is 0.350 e. The molecule has 4 nitrogen and oxygen atoms in total. The maximum Gasteiger partial charge on any atom is 0.350 e. The molecule has 0 amide bonds. The predicted octanol–water partition coefficient (Wildman–Crippen LogP) is 4.05. The van der Waals surface area contributed by atoms with Gasteiger partial charge in [0, 0.05) is 10.8 Å². The van der Waals surface area contributed by atoms with E-state index in [0.29, 0.717) is 21.0 Å². The number of benzene rings is 2. The Labute approximate surface area is 134 Å². The molecule has 0 saturated heterocycles. The monoisotopic (exact) mass is 322 g/mol. The van der Waals surface area contributed by atoms with Crippen LogP contribution < -0.4 is 11.3 Å². The first-order valence-electron chi connectivity index (χ1n) is 6.94. The van der Waals surface area contributed by atoms with Crippen molar-refractivity contribution in [2.24, 2.45) is 0 Å². The van der Waals surface area contributed by atoms with Crippen molar-refractivity contribution in [1.29, 1.82) is 0 Å². The van der Waals surface area contributed by atoms with E-state index in [0.717, 1.165) is 22.5 Å². The third-order valence-electron chi connectivity index (χ3n) is 3.44. The van der Waals surface area contributed by atoms with Crippen molar-refractivity contribution in [2.45, 2.75) is 9.79 Å². The highest BCUT2D eigenvalue weighted by atomic mass is 32.2. The Kier molecular flexibility index (Phi) is 3.28. The van der Waals surface area contributed by atoms with Gasteiger partial charge in [0.15, 0.2) is 0 Å². The Balaban J connectivity index is 1.84. The normalized spacial score (nSPS) is 11.1. The van der Waals surface area contributed by atoms with Gasteiger partial charge in [-0.3, -0.25) is 0 Å². The molecule has 0 spiro atoms. The highest BCUT2D eigenvalue weighted by Gasteiger charge is 2.11. The lowest BCUT2D eigenvalue weighted by Gasteiger charge is -2.03. The average molecular weight is 322 g/mol. The van der Waals surface area contributed by atoms with Gasteiger partial charge >= 0.3 is 11.3 Å². The van der Waals surface area contributed by atoms with E-state index in [1.807, 2.05) is 24.3 Å². The van der Waals surface area contributed by atoms with Crippen LogP contribution in [0.25, 0.3) is 21.9 Å². The lowest BCUT2D eigenvalue weighted by molar-refractivity contribution is 0.540. The summed E-state index contributed by atoms with van der Waals surface area (Å²) in [6.07, 6.45) is 0. The second-order valence-corrected chi connectivity index (χ2v) is 6.06. The maximum atomic E-state index is 12.1. The van der Waals surface area contributed by atoms with Crippen LogP contribution in [0.2, 0.25) is 0 Å².